The van der Waals surface area contributed by atoms with Crippen LogP contribution in [0.1, 0.15) is 24.5 Å². The number of aliphatic imine (C=N–C) groups is 1. The van der Waals surface area contributed by atoms with Gasteiger partial charge in [0, 0.05) is 32.1 Å². The van der Waals surface area contributed by atoms with Crippen molar-refractivity contribution < 1.29 is 14.7 Å². The number of aryl methyl sites for hydroxylation is 1. The van der Waals surface area contributed by atoms with E-state index in [2.05, 4.69) is 4.99 Å². The molecule has 1 aromatic carbocycles. The molecule has 3 amide bonds. The molecule has 4 rings (SSSR count). The maximum absolute atomic E-state index is 13.3. The number of allylic oxidation sites excluding steroid dienone is 1. The van der Waals surface area contributed by atoms with Crippen LogP contribution in [0.5, 0.6) is 0 Å². The molecule has 1 N–H and O–H groups in total. The van der Waals surface area contributed by atoms with E-state index in [1.165, 1.54) is 4.90 Å². The van der Waals surface area contributed by atoms with Crippen LogP contribution in [0.2, 0.25) is 0 Å². The zero-order valence-corrected chi connectivity index (χ0v) is 16.4. The van der Waals surface area contributed by atoms with Gasteiger partial charge >= 0.3 is 6.03 Å². The highest BCUT2D eigenvalue weighted by Crippen LogP contribution is 2.34. The third-order valence-electron chi connectivity index (χ3n) is 5.47. The number of nitrogens with zero attached hydrogens (tertiary/aromatic N) is 5. The Morgan fingerprint density at radius 2 is 1.96 bits per heavy atom. The number of hydrogen-bond donors (Lipinski definition) is 1. The van der Waals surface area contributed by atoms with Gasteiger partial charge in [0.15, 0.2) is 12.2 Å². The van der Waals surface area contributed by atoms with Gasteiger partial charge in [0.1, 0.15) is 0 Å². The highest BCUT2D eigenvalue weighted by Gasteiger charge is 2.54. The molecule has 0 aliphatic carbocycles. The number of hydrogen-bond acceptors (Lipinski definition) is 6. The molecule has 1 fully saturated rings. The maximum Gasteiger partial charge on any atom is 0.328 e. The van der Waals surface area contributed by atoms with E-state index in [0.29, 0.717) is 18.9 Å². The Morgan fingerprint density at radius 1 is 1.18 bits per heavy atom. The Kier molecular flexibility index (Phi) is 4.58. The average molecular weight is 383 g/mol. The standard InChI is InChI=1S/C20H25N5O3/c1-13-6-4-7-15(10-13)12-25-18(27)16-17(22(3)20(25)28)21-19-23(8-5-9-26)14(2)11-24(16)19/h4,6-7,10-11,16-17,26H,5,8-9,12H2,1-3H3. The first-order chi connectivity index (χ1) is 13.4. The number of aliphatic hydroxyl groups is 1. The fourth-order valence-corrected chi connectivity index (χ4v) is 4.05. The minimum atomic E-state index is -0.559. The molecule has 148 valence electrons. The number of carbonyl (C=O) groups is 2. The molecule has 2 atom stereocenters. The van der Waals surface area contributed by atoms with Crippen molar-refractivity contribution in [3.05, 3.63) is 47.3 Å². The van der Waals surface area contributed by atoms with Crippen LogP contribution >= 0.6 is 0 Å². The molecule has 0 spiro atoms. The third kappa shape index (κ3) is 2.84. The van der Waals surface area contributed by atoms with Crippen LogP contribution in [-0.4, -0.2) is 75.0 Å². The highest BCUT2D eigenvalue weighted by atomic mass is 16.3. The predicted octanol–water partition coefficient (Wildman–Crippen LogP) is 1.31. The molecule has 28 heavy (non-hydrogen) atoms. The Hall–Kier alpha value is -2.87. The van der Waals surface area contributed by atoms with E-state index in [1.807, 2.05) is 54.1 Å². The van der Waals surface area contributed by atoms with E-state index < -0.39 is 12.2 Å². The minimum absolute atomic E-state index is 0.0888. The van der Waals surface area contributed by atoms with Crippen molar-refractivity contribution in [2.75, 3.05) is 20.2 Å². The second kappa shape index (κ2) is 6.94. The van der Waals surface area contributed by atoms with Gasteiger partial charge in [0.2, 0.25) is 5.96 Å². The van der Waals surface area contributed by atoms with Crippen molar-refractivity contribution in [1.82, 2.24) is 19.6 Å². The topological polar surface area (TPSA) is 79.7 Å². The van der Waals surface area contributed by atoms with Crippen LogP contribution in [0.4, 0.5) is 4.79 Å². The summed E-state index contributed by atoms with van der Waals surface area (Å²) in [5, 5.41) is 9.16. The molecule has 1 aromatic rings. The minimum Gasteiger partial charge on any atom is -0.396 e. The summed E-state index contributed by atoms with van der Waals surface area (Å²) in [5.74, 6) is 0.438. The lowest BCUT2D eigenvalue weighted by atomic mass is 10.1. The molecule has 0 bridgehead atoms. The second-order valence-electron chi connectivity index (χ2n) is 7.50. The summed E-state index contributed by atoms with van der Waals surface area (Å²) in [4.78, 5) is 37.6. The van der Waals surface area contributed by atoms with Gasteiger partial charge in [-0.25, -0.2) is 9.79 Å². The number of aliphatic hydroxyl groups excluding tert-OH is 1. The fraction of sp³-hybridized carbons (Fsp3) is 0.450. The van der Waals surface area contributed by atoms with Crippen molar-refractivity contribution in [1.29, 1.82) is 0 Å². The summed E-state index contributed by atoms with van der Waals surface area (Å²) < 4.78 is 0. The molecular formula is C20H25N5O3. The molecule has 3 aliphatic rings. The lowest BCUT2D eigenvalue weighted by Gasteiger charge is -2.40. The fourth-order valence-electron chi connectivity index (χ4n) is 4.05. The molecule has 0 radical (unpaired) electrons. The van der Waals surface area contributed by atoms with Crippen molar-refractivity contribution >= 4 is 17.9 Å². The van der Waals surface area contributed by atoms with Crippen LogP contribution in [0, 0.1) is 6.92 Å². The maximum atomic E-state index is 13.3. The summed E-state index contributed by atoms with van der Waals surface area (Å²) in [6.07, 6.45) is 1.98. The quantitative estimate of drug-likeness (QED) is 0.830. The van der Waals surface area contributed by atoms with Crippen LogP contribution in [0.3, 0.4) is 0 Å². The van der Waals surface area contributed by atoms with E-state index in [1.54, 1.807) is 11.9 Å². The molecule has 0 saturated carbocycles. The van der Waals surface area contributed by atoms with E-state index in [0.717, 1.165) is 16.8 Å². The summed E-state index contributed by atoms with van der Waals surface area (Å²) in [5.41, 5.74) is 2.98. The van der Waals surface area contributed by atoms with Crippen LogP contribution in [0.15, 0.2) is 41.2 Å². The Labute approximate surface area is 164 Å². The average Bonchev–Trinajstić information content (AvgIpc) is 3.17. The van der Waals surface area contributed by atoms with Gasteiger partial charge in [0.05, 0.1) is 6.54 Å². The smallest absolute Gasteiger partial charge is 0.328 e. The number of rotatable bonds is 5. The molecule has 0 aromatic heterocycles. The zero-order chi connectivity index (χ0) is 20.0. The van der Waals surface area contributed by atoms with E-state index in [-0.39, 0.29) is 25.1 Å². The second-order valence-corrected chi connectivity index (χ2v) is 7.50. The van der Waals surface area contributed by atoms with Gasteiger partial charge in [-0.05, 0) is 25.8 Å². The molecule has 3 heterocycles. The molecule has 8 heteroatoms. The number of benzene rings is 1. The Morgan fingerprint density at radius 3 is 2.68 bits per heavy atom. The lowest BCUT2D eigenvalue weighted by molar-refractivity contribution is -0.137. The molecular weight excluding hydrogens is 358 g/mol. The third-order valence-corrected chi connectivity index (χ3v) is 5.47. The van der Waals surface area contributed by atoms with Gasteiger partial charge in [-0.15, -0.1) is 0 Å². The summed E-state index contributed by atoms with van der Waals surface area (Å²) in [7, 11) is 1.69. The largest absolute Gasteiger partial charge is 0.396 e. The first kappa shape index (κ1) is 18.5. The van der Waals surface area contributed by atoms with Crippen LogP contribution in [0.25, 0.3) is 0 Å². The predicted molar refractivity (Wildman–Crippen MR) is 104 cm³/mol. The van der Waals surface area contributed by atoms with Gasteiger partial charge < -0.3 is 19.8 Å². The zero-order valence-electron chi connectivity index (χ0n) is 16.4. The van der Waals surface area contributed by atoms with Gasteiger partial charge in [0.25, 0.3) is 5.91 Å². The lowest BCUT2D eigenvalue weighted by Crippen LogP contribution is -2.63. The number of amides is 3. The van der Waals surface area contributed by atoms with Gasteiger partial charge in [-0.2, -0.15) is 0 Å². The molecule has 2 unspecified atom stereocenters. The van der Waals surface area contributed by atoms with Gasteiger partial charge in [-0.1, -0.05) is 29.8 Å². The van der Waals surface area contributed by atoms with Crippen molar-refractivity contribution in [2.45, 2.75) is 39.0 Å². The SMILES string of the molecule is CC1=CN2C(=NC3C2C(=O)N(Cc2cccc(C)c2)C(=O)N3C)N1CCCO. The van der Waals surface area contributed by atoms with Crippen LogP contribution < -0.4 is 0 Å². The molecule has 1 saturated heterocycles. The number of likely N-dealkylation sites (N-methyl/N-ethyl adjacent to an activating group) is 1. The number of fused-ring (bicyclic) bond motifs is 3. The number of imide groups is 1. The van der Waals surface area contributed by atoms with E-state index >= 15 is 0 Å². The molecule has 8 nitrogen and oxygen atoms in total. The van der Waals surface area contributed by atoms with E-state index in [9.17, 15) is 9.59 Å². The van der Waals surface area contributed by atoms with E-state index in [4.69, 9.17) is 5.11 Å². The van der Waals surface area contributed by atoms with Crippen molar-refractivity contribution in [2.24, 2.45) is 4.99 Å². The number of urea groups is 1. The molecule has 3 aliphatic heterocycles. The Balaban J connectivity index is 1.61. The Bertz CT molecular complexity index is 880. The monoisotopic (exact) mass is 383 g/mol. The van der Waals surface area contributed by atoms with Crippen molar-refractivity contribution in [3.63, 3.8) is 0 Å². The van der Waals surface area contributed by atoms with Gasteiger partial charge in [-0.3, -0.25) is 9.69 Å². The van der Waals surface area contributed by atoms with Crippen molar-refractivity contribution in [3.8, 4) is 0 Å². The first-order valence-electron chi connectivity index (χ1n) is 9.49. The summed E-state index contributed by atoms with van der Waals surface area (Å²) in [6, 6.07) is 6.93. The number of guanidine groups is 1. The first-order valence-corrected chi connectivity index (χ1v) is 9.49. The number of carbonyl (C=O) groups excluding carboxylic acids is 2. The summed E-state index contributed by atoms with van der Waals surface area (Å²) >= 11 is 0. The summed E-state index contributed by atoms with van der Waals surface area (Å²) in [6.45, 7) is 4.90. The highest BCUT2D eigenvalue weighted by molar-refractivity contribution is 6.04. The van der Waals surface area contributed by atoms with Crippen LogP contribution in [-0.2, 0) is 11.3 Å². The normalized spacial score (nSPS) is 23.9.